The first kappa shape index (κ1) is 16.0. The van der Waals surface area contributed by atoms with Gasteiger partial charge in [0.05, 0.1) is 28.7 Å². The second-order valence-corrected chi connectivity index (χ2v) is 7.89. The molecular formula is C16H16N2O4S2. The molecule has 1 aromatic carbocycles. The number of thiazole rings is 1. The van der Waals surface area contributed by atoms with Crippen LogP contribution in [-0.2, 0) is 28.1 Å². The highest BCUT2D eigenvalue weighted by Crippen LogP contribution is 2.48. The molecule has 0 bridgehead atoms. The van der Waals surface area contributed by atoms with E-state index >= 15 is 0 Å². The quantitative estimate of drug-likeness (QED) is 0.605. The minimum atomic E-state index is -0.711. The molecular weight excluding hydrogens is 348 g/mol. The summed E-state index contributed by atoms with van der Waals surface area (Å²) in [6.07, 6.45) is 2.30. The van der Waals surface area contributed by atoms with Gasteiger partial charge in [-0.25, -0.2) is 4.98 Å². The molecule has 1 saturated heterocycles. The summed E-state index contributed by atoms with van der Waals surface area (Å²) in [5.74, 6) is -0.711. The lowest BCUT2D eigenvalue weighted by molar-refractivity contribution is -0.387. The van der Waals surface area contributed by atoms with E-state index in [-0.39, 0.29) is 10.6 Å². The molecule has 4 rings (SSSR count). The first-order valence-corrected chi connectivity index (χ1v) is 9.53. The van der Waals surface area contributed by atoms with Crippen LogP contribution in [0.1, 0.15) is 30.2 Å². The number of rotatable bonds is 4. The van der Waals surface area contributed by atoms with Crippen molar-refractivity contribution in [3.8, 4) is 0 Å². The third-order valence-electron chi connectivity index (χ3n) is 4.36. The van der Waals surface area contributed by atoms with E-state index in [9.17, 15) is 10.1 Å². The Hall–Kier alpha value is -1.48. The van der Waals surface area contributed by atoms with Gasteiger partial charge in [0.2, 0.25) is 0 Å². The highest BCUT2D eigenvalue weighted by atomic mass is 32.2. The van der Waals surface area contributed by atoms with E-state index in [0.717, 1.165) is 34.0 Å². The summed E-state index contributed by atoms with van der Waals surface area (Å²) >= 11 is 2.85. The van der Waals surface area contributed by atoms with Gasteiger partial charge in [0.1, 0.15) is 0 Å². The summed E-state index contributed by atoms with van der Waals surface area (Å²) in [4.78, 5) is 16.3. The Morgan fingerprint density at radius 3 is 2.88 bits per heavy atom. The third-order valence-corrected chi connectivity index (χ3v) is 6.39. The van der Waals surface area contributed by atoms with Crippen LogP contribution in [-0.4, -0.2) is 23.1 Å². The smallest absolute Gasteiger partial charge is 0.283 e. The van der Waals surface area contributed by atoms with Crippen molar-refractivity contribution in [1.29, 1.82) is 0 Å². The fourth-order valence-corrected chi connectivity index (χ4v) is 5.18. The molecule has 1 aromatic heterocycles. The molecule has 6 nitrogen and oxygen atoms in total. The van der Waals surface area contributed by atoms with Crippen LogP contribution in [0.4, 0.5) is 5.69 Å². The SMILES string of the molecule is CCc1csc(Sc2cc3c(cc2[N+](=O)[O-])CCC32OCCO2)n1. The van der Waals surface area contributed by atoms with Crippen molar-refractivity contribution in [2.24, 2.45) is 0 Å². The van der Waals surface area contributed by atoms with Crippen molar-refractivity contribution < 1.29 is 14.4 Å². The van der Waals surface area contributed by atoms with Crippen molar-refractivity contribution in [3.63, 3.8) is 0 Å². The Kier molecular flexibility index (Phi) is 4.07. The number of nitro groups is 1. The van der Waals surface area contributed by atoms with Gasteiger partial charge in [0.15, 0.2) is 10.1 Å². The van der Waals surface area contributed by atoms with Crippen molar-refractivity contribution in [2.45, 2.75) is 41.2 Å². The van der Waals surface area contributed by atoms with Crippen LogP contribution in [0.2, 0.25) is 0 Å². The van der Waals surface area contributed by atoms with E-state index < -0.39 is 5.79 Å². The van der Waals surface area contributed by atoms with Crippen LogP contribution in [0.25, 0.3) is 0 Å². The largest absolute Gasteiger partial charge is 0.343 e. The Balaban J connectivity index is 1.75. The van der Waals surface area contributed by atoms with Crippen LogP contribution in [0.15, 0.2) is 26.7 Å². The van der Waals surface area contributed by atoms with Crippen molar-refractivity contribution >= 4 is 28.8 Å². The normalized spacial score (nSPS) is 18.2. The monoisotopic (exact) mass is 364 g/mol. The Morgan fingerprint density at radius 1 is 1.42 bits per heavy atom. The van der Waals surface area contributed by atoms with Gasteiger partial charge in [-0.15, -0.1) is 11.3 Å². The molecule has 0 amide bonds. The summed E-state index contributed by atoms with van der Waals surface area (Å²) in [7, 11) is 0. The van der Waals surface area contributed by atoms with Crippen LogP contribution in [0, 0.1) is 10.1 Å². The zero-order chi connectivity index (χ0) is 16.7. The van der Waals surface area contributed by atoms with E-state index in [1.807, 2.05) is 18.4 Å². The zero-order valence-electron chi connectivity index (χ0n) is 13.1. The van der Waals surface area contributed by atoms with Crippen LogP contribution in [0.5, 0.6) is 0 Å². The molecule has 0 unspecified atom stereocenters. The molecule has 24 heavy (non-hydrogen) atoms. The molecule has 2 aromatic rings. The molecule has 2 aliphatic rings. The molecule has 8 heteroatoms. The average molecular weight is 364 g/mol. The number of hydrogen-bond donors (Lipinski definition) is 0. The van der Waals surface area contributed by atoms with E-state index in [2.05, 4.69) is 4.98 Å². The maximum absolute atomic E-state index is 11.5. The van der Waals surface area contributed by atoms with Gasteiger partial charge in [-0.05, 0) is 24.5 Å². The van der Waals surface area contributed by atoms with Gasteiger partial charge in [-0.2, -0.15) is 0 Å². The Bertz CT molecular complexity index is 799. The number of aromatic nitrogens is 1. The highest BCUT2D eigenvalue weighted by Gasteiger charge is 2.45. The Morgan fingerprint density at radius 2 is 2.21 bits per heavy atom. The fraction of sp³-hybridized carbons (Fsp3) is 0.438. The van der Waals surface area contributed by atoms with Crippen molar-refractivity contribution in [1.82, 2.24) is 4.98 Å². The molecule has 2 heterocycles. The summed E-state index contributed by atoms with van der Waals surface area (Å²) in [6, 6.07) is 3.54. The second-order valence-electron chi connectivity index (χ2n) is 5.74. The van der Waals surface area contributed by atoms with E-state index in [1.165, 1.54) is 23.1 Å². The summed E-state index contributed by atoms with van der Waals surface area (Å²) in [6.45, 7) is 3.16. The lowest BCUT2D eigenvalue weighted by atomic mass is 10.1. The summed E-state index contributed by atoms with van der Waals surface area (Å²) in [5.41, 5.74) is 3.01. The molecule has 1 aliphatic heterocycles. The maximum Gasteiger partial charge on any atom is 0.283 e. The van der Waals surface area contributed by atoms with Crippen LogP contribution < -0.4 is 0 Å². The van der Waals surface area contributed by atoms with Gasteiger partial charge >= 0.3 is 0 Å². The predicted molar refractivity (Wildman–Crippen MR) is 90.6 cm³/mol. The lowest BCUT2D eigenvalue weighted by Crippen LogP contribution is -2.23. The van der Waals surface area contributed by atoms with E-state index in [4.69, 9.17) is 9.47 Å². The first-order valence-electron chi connectivity index (χ1n) is 7.83. The molecule has 0 atom stereocenters. The molecule has 1 spiro atoms. The summed E-state index contributed by atoms with van der Waals surface area (Å²) in [5, 5.41) is 13.5. The standard InChI is InChI=1S/C16H16N2O4S2/c1-2-11-9-23-15(17-11)24-14-8-12-10(7-13(14)18(19)20)3-4-16(12)21-5-6-22-16/h7-9H,2-6H2,1H3. The van der Waals surface area contributed by atoms with Gasteiger partial charge in [0.25, 0.3) is 5.69 Å². The fourth-order valence-electron chi connectivity index (χ4n) is 3.18. The molecule has 1 fully saturated rings. The first-order chi connectivity index (χ1) is 11.6. The second kappa shape index (κ2) is 6.11. The molecule has 126 valence electrons. The predicted octanol–water partition coefficient (Wildman–Crippen LogP) is 3.91. The zero-order valence-corrected chi connectivity index (χ0v) is 14.7. The number of fused-ring (bicyclic) bond motifs is 2. The molecule has 1 aliphatic carbocycles. The van der Waals surface area contributed by atoms with Crippen molar-refractivity contribution in [3.05, 3.63) is 44.4 Å². The molecule has 0 saturated carbocycles. The van der Waals surface area contributed by atoms with Gasteiger partial charge in [-0.3, -0.25) is 10.1 Å². The number of benzene rings is 1. The van der Waals surface area contributed by atoms with Crippen molar-refractivity contribution in [2.75, 3.05) is 13.2 Å². The third kappa shape index (κ3) is 2.63. The van der Waals surface area contributed by atoms with Gasteiger partial charge < -0.3 is 9.47 Å². The minimum absolute atomic E-state index is 0.127. The number of nitro benzene ring substituents is 1. The highest BCUT2D eigenvalue weighted by molar-refractivity contribution is 8.01. The van der Waals surface area contributed by atoms with Crippen LogP contribution >= 0.6 is 23.1 Å². The number of aryl methyl sites for hydroxylation is 2. The maximum atomic E-state index is 11.5. The van der Waals surface area contributed by atoms with Gasteiger partial charge in [-0.1, -0.05) is 18.7 Å². The molecule has 0 radical (unpaired) electrons. The molecule has 0 N–H and O–H groups in total. The topological polar surface area (TPSA) is 74.5 Å². The van der Waals surface area contributed by atoms with E-state index in [0.29, 0.717) is 24.5 Å². The van der Waals surface area contributed by atoms with E-state index in [1.54, 1.807) is 6.07 Å². The Labute approximate surface area is 147 Å². The lowest BCUT2D eigenvalue weighted by Gasteiger charge is -2.23. The van der Waals surface area contributed by atoms with Crippen LogP contribution in [0.3, 0.4) is 0 Å². The minimum Gasteiger partial charge on any atom is -0.343 e. The summed E-state index contributed by atoms with van der Waals surface area (Å²) < 4.78 is 12.5. The van der Waals surface area contributed by atoms with Gasteiger partial charge in [0, 0.05) is 23.4 Å². The number of ether oxygens (including phenoxy) is 2. The number of nitrogens with zero attached hydrogens (tertiary/aromatic N) is 2. The number of hydrogen-bond acceptors (Lipinski definition) is 7. The average Bonchev–Trinajstić information content (AvgIpc) is 3.29.